The minimum absolute atomic E-state index is 0.0630. The van der Waals surface area contributed by atoms with Crippen LogP contribution in [0.5, 0.6) is 0 Å². The molecule has 0 radical (unpaired) electrons. The van der Waals surface area contributed by atoms with E-state index in [4.69, 9.17) is 4.74 Å². The first-order valence-electron chi connectivity index (χ1n) is 8.22. The first-order valence-corrected chi connectivity index (χ1v) is 9.77. The summed E-state index contributed by atoms with van der Waals surface area (Å²) in [4.78, 5) is 14.5. The molecule has 0 aromatic rings. The summed E-state index contributed by atoms with van der Waals surface area (Å²) < 4.78 is 32.3. The van der Waals surface area contributed by atoms with Crippen LogP contribution in [-0.2, 0) is 19.6 Å². The van der Waals surface area contributed by atoms with Crippen molar-refractivity contribution in [3.05, 3.63) is 0 Å². The molecule has 1 saturated carbocycles. The van der Waals surface area contributed by atoms with Gasteiger partial charge in [0.1, 0.15) is 6.04 Å². The fourth-order valence-corrected chi connectivity index (χ4v) is 4.45. The van der Waals surface area contributed by atoms with Gasteiger partial charge in [-0.25, -0.2) is 13.1 Å². The molecule has 1 N–H and O–H groups in total. The molecule has 1 aliphatic heterocycles. The zero-order valence-electron chi connectivity index (χ0n) is 13.7. The van der Waals surface area contributed by atoms with Gasteiger partial charge in [-0.2, -0.15) is 0 Å². The van der Waals surface area contributed by atoms with Crippen molar-refractivity contribution >= 4 is 15.9 Å². The number of likely N-dealkylation sites (tertiary alicyclic amines) is 1. The topological polar surface area (TPSA) is 75.7 Å². The summed E-state index contributed by atoms with van der Waals surface area (Å²) in [5.41, 5.74) is 0. The van der Waals surface area contributed by atoms with Gasteiger partial charge in [-0.15, -0.1) is 0 Å². The van der Waals surface area contributed by atoms with E-state index in [9.17, 15) is 13.2 Å². The van der Waals surface area contributed by atoms with E-state index in [0.29, 0.717) is 45.1 Å². The van der Waals surface area contributed by atoms with Gasteiger partial charge < -0.3 is 9.64 Å². The molecule has 6 nitrogen and oxygen atoms in total. The molecule has 0 spiro atoms. The van der Waals surface area contributed by atoms with Gasteiger partial charge in [0.15, 0.2) is 0 Å². The molecular weight excluding hydrogens is 304 g/mol. The van der Waals surface area contributed by atoms with Crippen molar-refractivity contribution in [2.24, 2.45) is 11.8 Å². The highest BCUT2D eigenvalue weighted by Gasteiger charge is 2.40. The lowest BCUT2D eigenvalue weighted by atomic mass is 10.0. The van der Waals surface area contributed by atoms with Crippen LogP contribution in [0.15, 0.2) is 0 Å². The average molecular weight is 332 g/mol. The predicted molar refractivity (Wildman–Crippen MR) is 84.9 cm³/mol. The fraction of sp³-hybridized carbons (Fsp3) is 0.933. The number of hydrogen-bond donors (Lipinski definition) is 1. The van der Waals surface area contributed by atoms with Crippen molar-refractivity contribution in [3.8, 4) is 0 Å². The molecule has 1 saturated heterocycles. The summed E-state index contributed by atoms with van der Waals surface area (Å²) in [6.07, 6.45) is 2.33. The maximum atomic E-state index is 12.7. The average Bonchev–Trinajstić information content (AvgIpc) is 3.22. The third-order valence-electron chi connectivity index (χ3n) is 4.34. The Balaban J connectivity index is 1.95. The fourth-order valence-electron chi connectivity index (χ4n) is 2.77. The highest BCUT2D eigenvalue weighted by molar-refractivity contribution is 7.90. The molecule has 2 aliphatic rings. The number of sulfonamides is 1. The lowest BCUT2D eigenvalue weighted by Crippen LogP contribution is -2.51. The van der Waals surface area contributed by atoms with Crippen molar-refractivity contribution < 1.29 is 17.9 Å². The van der Waals surface area contributed by atoms with Gasteiger partial charge in [0, 0.05) is 25.6 Å². The Morgan fingerprint density at radius 1 is 1.32 bits per heavy atom. The molecule has 1 amide bonds. The Labute approximate surface area is 133 Å². The van der Waals surface area contributed by atoms with E-state index >= 15 is 0 Å². The third-order valence-corrected chi connectivity index (χ3v) is 6.27. The second kappa shape index (κ2) is 7.27. The summed E-state index contributed by atoms with van der Waals surface area (Å²) in [6, 6.07) is -0.656. The van der Waals surface area contributed by atoms with E-state index in [1.165, 1.54) is 0 Å². The summed E-state index contributed by atoms with van der Waals surface area (Å²) in [6.45, 7) is 8.41. The Hall–Kier alpha value is -0.660. The molecule has 2 rings (SSSR count). The van der Waals surface area contributed by atoms with Gasteiger partial charge in [0.05, 0.1) is 11.9 Å². The second-order valence-corrected chi connectivity index (χ2v) is 8.67. The smallest absolute Gasteiger partial charge is 0.241 e. The molecule has 2 fully saturated rings. The number of carbonyl (C=O) groups is 1. The highest BCUT2D eigenvalue weighted by Crippen LogP contribution is 2.28. The van der Waals surface area contributed by atoms with E-state index in [1.54, 1.807) is 4.90 Å². The van der Waals surface area contributed by atoms with Crippen LogP contribution in [0.3, 0.4) is 0 Å². The van der Waals surface area contributed by atoms with E-state index in [1.807, 2.05) is 20.8 Å². The van der Waals surface area contributed by atoms with Crippen LogP contribution < -0.4 is 4.72 Å². The standard InChI is InChI=1S/C15H28N2O4S/c1-4-21-10-12-7-8-17(9-12)15(18)14(11(2)3)16-22(19,20)13-5-6-13/h11-14,16H,4-10H2,1-3H3/t12?,14-/m1/s1. The van der Waals surface area contributed by atoms with Gasteiger partial charge >= 0.3 is 0 Å². The van der Waals surface area contributed by atoms with Crippen LogP contribution in [0.1, 0.15) is 40.0 Å². The maximum Gasteiger partial charge on any atom is 0.241 e. The van der Waals surface area contributed by atoms with Crippen molar-refractivity contribution in [2.45, 2.75) is 51.3 Å². The van der Waals surface area contributed by atoms with E-state index in [-0.39, 0.29) is 17.1 Å². The van der Waals surface area contributed by atoms with E-state index in [2.05, 4.69) is 4.72 Å². The summed E-state index contributed by atoms with van der Waals surface area (Å²) in [5.74, 6) is 0.196. The Kier molecular flexibility index (Phi) is 5.85. The van der Waals surface area contributed by atoms with Gasteiger partial charge in [-0.1, -0.05) is 13.8 Å². The van der Waals surface area contributed by atoms with Crippen LogP contribution in [0, 0.1) is 11.8 Å². The number of nitrogens with zero attached hydrogens (tertiary/aromatic N) is 1. The molecule has 0 bridgehead atoms. The maximum absolute atomic E-state index is 12.7. The summed E-state index contributed by atoms with van der Waals surface area (Å²) in [5, 5.41) is -0.300. The molecule has 22 heavy (non-hydrogen) atoms. The number of carbonyl (C=O) groups excluding carboxylic acids is 1. The molecule has 2 atom stereocenters. The van der Waals surface area contributed by atoms with Crippen molar-refractivity contribution in [2.75, 3.05) is 26.3 Å². The van der Waals surface area contributed by atoms with Gasteiger partial charge in [-0.3, -0.25) is 4.79 Å². The molecule has 0 aromatic carbocycles. The molecule has 1 unspecified atom stereocenters. The monoisotopic (exact) mass is 332 g/mol. The molecule has 1 heterocycles. The predicted octanol–water partition coefficient (Wildman–Crippen LogP) is 0.978. The number of amides is 1. The lowest BCUT2D eigenvalue weighted by molar-refractivity contribution is -0.133. The van der Waals surface area contributed by atoms with Crippen molar-refractivity contribution in [1.82, 2.24) is 9.62 Å². The largest absolute Gasteiger partial charge is 0.381 e. The number of ether oxygens (including phenoxy) is 1. The first-order chi connectivity index (χ1) is 10.3. The van der Waals surface area contributed by atoms with Gasteiger partial charge in [0.25, 0.3) is 0 Å². The molecular formula is C15H28N2O4S. The zero-order chi connectivity index (χ0) is 16.3. The van der Waals surface area contributed by atoms with E-state index in [0.717, 1.165) is 6.42 Å². The molecule has 7 heteroatoms. The Bertz CT molecular complexity index is 488. The quantitative estimate of drug-likeness (QED) is 0.719. The minimum atomic E-state index is -3.36. The van der Waals surface area contributed by atoms with E-state index < -0.39 is 16.1 Å². The normalized spacial score (nSPS) is 24.0. The van der Waals surface area contributed by atoms with Gasteiger partial charge in [0.2, 0.25) is 15.9 Å². The number of rotatable bonds is 8. The lowest BCUT2D eigenvalue weighted by Gasteiger charge is -2.27. The van der Waals surface area contributed by atoms with Gasteiger partial charge in [-0.05, 0) is 32.1 Å². The minimum Gasteiger partial charge on any atom is -0.381 e. The van der Waals surface area contributed by atoms with Crippen LogP contribution in [0.25, 0.3) is 0 Å². The molecule has 128 valence electrons. The molecule has 0 aromatic heterocycles. The summed E-state index contributed by atoms with van der Waals surface area (Å²) in [7, 11) is -3.36. The van der Waals surface area contributed by atoms with Crippen LogP contribution in [0.4, 0.5) is 0 Å². The SMILES string of the molecule is CCOCC1CCN(C(=O)[C@H](NS(=O)(=O)C2CC2)C(C)C)C1. The third kappa shape index (κ3) is 4.43. The Morgan fingerprint density at radius 2 is 2.00 bits per heavy atom. The number of nitrogens with one attached hydrogen (secondary N) is 1. The number of hydrogen-bond acceptors (Lipinski definition) is 4. The van der Waals surface area contributed by atoms with Crippen LogP contribution in [0.2, 0.25) is 0 Å². The van der Waals surface area contributed by atoms with Crippen LogP contribution in [-0.4, -0.2) is 56.8 Å². The zero-order valence-corrected chi connectivity index (χ0v) is 14.6. The highest BCUT2D eigenvalue weighted by atomic mass is 32.2. The first kappa shape index (κ1) is 17.7. The van der Waals surface area contributed by atoms with Crippen LogP contribution >= 0.6 is 0 Å². The Morgan fingerprint density at radius 3 is 2.55 bits per heavy atom. The summed E-state index contributed by atoms with van der Waals surface area (Å²) >= 11 is 0. The van der Waals surface area contributed by atoms with Crippen molar-refractivity contribution in [1.29, 1.82) is 0 Å². The van der Waals surface area contributed by atoms with Crippen molar-refractivity contribution in [3.63, 3.8) is 0 Å². The second-order valence-electron chi connectivity index (χ2n) is 6.68. The molecule has 1 aliphatic carbocycles.